The first-order chi connectivity index (χ1) is 19.5. The molecule has 0 saturated carbocycles. The van der Waals surface area contributed by atoms with E-state index in [1.165, 1.54) is 4.90 Å². The topological polar surface area (TPSA) is 97.7 Å². The Balaban J connectivity index is 1.60. The van der Waals surface area contributed by atoms with Gasteiger partial charge in [0.05, 0.1) is 25.6 Å². The Bertz CT molecular complexity index is 1490. The van der Waals surface area contributed by atoms with E-state index in [2.05, 4.69) is 31.4 Å². The summed E-state index contributed by atoms with van der Waals surface area (Å²) >= 11 is 0. The lowest BCUT2D eigenvalue weighted by Gasteiger charge is -2.23. The molecule has 9 heteroatoms. The van der Waals surface area contributed by atoms with Crippen LogP contribution in [0.1, 0.15) is 37.6 Å². The lowest BCUT2D eigenvalue weighted by molar-refractivity contribution is -0.116. The number of nitrogens with zero attached hydrogens (tertiary/aromatic N) is 3. The molecule has 0 aliphatic carbocycles. The summed E-state index contributed by atoms with van der Waals surface area (Å²) in [4.78, 5) is 28.4. The first kappa shape index (κ1) is 29.2. The zero-order valence-electron chi connectivity index (χ0n) is 24.4. The molecule has 0 bridgehead atoms. The number of urea groups is 1. The molecule has 1 aromatic heterocycles. The second-order valence-electron chi connectivity index (χ2n) is 10.8. The van der Waals surface area contributed by atoms with E-state index < -0.39 is 6.03 Å². The summed E-state index contributed by atoms with van der Waals surface area (Å²) < 4.78 is 12.4. The van der Waals surface area contributed by atoms with Gasteiger partial charge in [-0.25, -0.2) is 9.48 Å². The molecule has 3 aromatic carbocycles. The standard InChI is InChI=1S/C32H37N5O4/c1-22-11-10-14-25(15-22)37-29(19-28(35-37)32(2,3)4)34-30(38)21-36(20-23-12-8-7-9-13-23)31(39)33-24-16-26(40-5)18-27(17-24)41-6/h7-19H,20-21H2,1-6H3,(H,33,39)(H,34,38). The van der Waals surface area contributed by atoms with Crippen LogP contribution in [-0.4, -0.2) is 47.4 Å². The van der Waals surface area contributed by atoms with Crippen LogP contribution in [0.5, 0.6) is 11.5 Å². The van der Waals surface area contributed by atoms with Gasteiger partial charge in [0.1, 0.15) is 23.9 Å². The molecule has 0 aliphatic rings. The maximum Gasteiger partial charge on any atom is 0.322 e. The van der Waals surface area contributed by atoms with Crippen LogP contribution in [0.2, 0.25) is 0 Å². The molecule has 0 radical (unpaired) electrons. The van der Waals surface area contributed by atoms with E-state index in [0.29, 0.717) is 23.0 Å². The number of amides is 3. The predicted octanol–water partition coefficient (Wildman–Crippen LogP) is 6.17. The Hall–Kier alpha value is -4.79. The number of carbonyl (C=O) groups excluding carboxylic acids is 2. The van der Waals surface area contributed by atoms with Gasteiger partial charge in [0.2, 0.25) is 5.91 Å². The van der Waals surface area contributed by atoms with Crippen molar-refractivity contribution in [1.82, 2.24) is 14.7 Å². The fourth-order valence-electron chi connectivity index (χ4n) is 4.23. The molecule has 0 atom stereocenters. The summed E-state index contributed by atoms with van der Waals surface area (Å²) in [5, 5.41) is 10.7. The van der Waals surface area contributed by atoms with Crippen molar-refractivity contribution in [2.75, 3.05) is 31.4 Å². The van der Waals surface area contributed by atoms with Crippen molar-refractivity contribution in [3.05, 3.63) is 95.7 Å². The Morgan fingerprint density at radius 3 is 2.17 bits per heavy atom. The number of aromatic nitrogens is 2. The van der Waals surface area contributed by atoms with Crippen LogP contribution in [0.4, 0.5) is 16.3 Å². The number of rotatable bonds is 9. The van der Waals surface area contributed by atoms with Crippen molar-refractivity contribution >= 4 is 23.4 Å². The van der Waals surface area contributed by atoms with E-state index in [1.807, 2.05) is 67.6 Å². The SMILES string of the molecule is COc1cc(NC(=O)N(CC(=O)Nc2cc(C(C)(C)C)nn2-c2cccc(C)c2)Cc2ccccc2)cc(OC)c1. The number of methoxy groups -OCH3 is 2. The first-order valence-electron chi connectivity index (χ1n) is 13.4. The van der Waals surface area contributed by atoms with Crippen LogP contribution < -0.4 is 20.1 Å². The minimum atomic E-state index is -0.443. The van der Waals surface area contributed by atoms with E-state index >= 15 is 0 Å². The minimum absolute atomic E-state index is 0.189. The van der Waals surface area contributed by atoms with Crippen molar-refractivity contribution in [2.24, 2.45) is 0 Å². The molecule has 0 aliphatic heterocycles. The Morgan fingerprint density at radius 2 is 1.56 bits per heavy atom. The molecule has 3 amide bonds. The van der Waals surface area contributed by atoms with Crippen LogP contribution in [0.3, 0.4) is 0 Å². The number of aryl methyl sites for hydroxylation is 1. The van der Waals surface area contributed by atoms with Crippen LogP contribution in [0.25, 0.3) is 5.69 Å². The van der Waals surface area contributed by atoms with E-state index in [4.69, 9.17) is 14.6 Å². The summed E-state index contributed by atoms with van der Waals surface area (Å²) in [6.45, 7) is 8.26. The number of benzene rings is 3. The first-order valence-corrected chi connectivity index (χ1v) is 13.4. The highest BCUT2D eigenvalue weighted by atomic mass is 16.5. The average molecular weight is 556 g/mol. The van der Waals surface area contributed by atoms with Gasteiger partial charge in [-0.2, -0.15) is 5.10 Å². The monoisotopic (exact) mass is 555 g/mol. The van der Waals surface area contributed by atoms with E-state index in [1.54, 1.807) is 37.1 Å². The minimum Gasteiger partial charge on any atom is -0.497 e. The molecule has 1 heterocycles. The van der Waals surface area contributed by atoms with Crippen molar-refractivity contribution in [3.8, 4) is 17.2 Å². The molecule has 0 fully saturated rings. The molecular weight excluding hydrogens is 518 g/mol. The normalized spacial score (nSPS) is 11.1. The van der Waals surface area contributed by atoms with Crippen LogP contribution in [-0.2, 0) is 16.8 Å². The van der Waals surface area contributed by atoms with Gasteiger partial charge in [-0.05, 0) is 30.2 Å². The highest BCUT2D eigenvalue weighted by molar-refractivity contribution is 5.97. The van der Waals surface area contributed by atoms with Gasteiger partial charge in [0, 0.05) is 41.9 Å². The number of ether oxygens (including phenoxy) is 2. The summed E-state index contributed by atoms with van der Waals surface area (Å²) in [7, 11) is 3.08. The molecule has 214 valence electrons. The van der Waals surface area contributed by atoms with Gasteiger partial charge in [0.15, 0.2) is 0 Å². The van der Waals surface area contributed by atoms with Crippen LogP contribution in [0, 0.1) is 6.92 Å². The zero-order chi connectivity index (χ0) is 29.6. The van der Waals surface area contributed by atoms with Gasteiger partial charge in [-0.15, -0.1) is 0 Å². The summed E-state index contributed by atoms with van der Waals surface area (Å²) in [5.41, 5.74) is 3.88. The molecular formula is C32H37N5O4. The third-order valence-electron chi connectivity index (χ3n) is 6.43. The number of hydrogen-bond acceptors (Lipinski definition) is 5. The van der Waals surface area contributed by atoms with Gasteiger partial charge in [-0.1, -0.05) is 63.2 Å². The van der Waals surface area contributed by atoms with Gasteiger partial charge >= 0.3 is 6.03 Å². The van der Waals surface area contributed by atoms with Gasteiger partial charge < -0.3 is 25.0 Å². The van der Waals surface area contributed by atoms with Gasteiger partial charge in [-0.3, -0.25) is 4.79 Å². The average Bonchev–Trinajstić information content (AvgIpc) is 3.37. The fourth-order valence-corrected chi connectivity index (χ4v) is 4.23. The quantitative estimate of drug-likeness (QED) is 0.258. The lowest BCUT2D eigenvalue weighted by Crippen LogP contribution is -2.40. The number of nitrogens with one attached hydrogen (secondary N) is 2. The maximum atomic E-state index is 13.5. The molecule has 2 N–H and O–H groups in total. The van der Waals surface area contributed by atoms with Crippen molar-refractivity contribution in [3.63, 3.8) is 0 Å². The second kappa shape index (κ2) is 12.6. The van der Waals surface area contributed by atoms with E-state index in [0.717, 1.165) is 22.5 Å². The molecule has 41 heavy (non-hydrogen) atoms. The molecule has 0 spiro atoms. The smallest absolute Gasteiger partial charge is 0.322 e. The van der Waals surface area contributed by atoms with E-state index in [-0.39, 0.29) is 24.4 Å². The summed E-state index contributed by atoms with van der Waals surface area (Å²) in [5.74, 6) is 1.24. The highest BCUT2D eigenvalue weighted by Gasteiger charge is 2.24. The second-order valence-corrected chi connectivity index (χ2v) is 10.8. The maximum absolute atomic E-state index is 13.5. The Kier molecular flexibility index (Phi) is 8.97. The third kappa shape index (κ3) is 7.66. The molecule has 0 saturated heterocycles. The molecule has 4 rings (SSSR count). The van der Waals surface area contributed by atoms with Crippen LogP contribution >= 0.6 is 0 Å². The number of carbonyl (C=O) groups is 2. The largest absolute Gasteiger partial charge is 0.497 e. The molecule has 0 unspecified atom stereocenters. The number of anilines is 2. The van der Waals surface area contributed by atoms with Crippen molar-refractivity contribution < 1.29 is 19.1 Å². The Morgan fingerprint density at radius 1 is 0.878 bits per heavy atom. The summed E-state index contributed by atoms with van der Waals surface area (Å²) in [6, 6.07) is 24.0. The van der Waals surface area contributed by atoms with Crippen molar-refractivity contribution in [1.29, 1.82) is 0 Å². The highest BCUT2D eigenvalue weighted by Crippen LogP contribution is 2.28. The van der Waals surface area contributed by atoms with Crippen molar-refractivity contribution in [2.45, 2.75) is 39.7 Å². The molecule has 9 nitrogen and oxygen atoms in total. The summed E-state index contributed by atoms with van der Waals surface area (Å²) in [6.07, 6.45) is 0. The third-order valence-corrected chi connectivity index (χ3v) is 6.43. The zero-order valence-corrected chi connectivity index (χ0v) is 24.4. The molecule has 4 aromatic rings. The number of hydrogen-bond donors (Lipinski definition) is 2. The Labute approximate surface area is 241 Å². The lowest BCUT2D eigenvalue weighted by atomic mass is 9.92. The van der Waals surface area contributed by atoms with E-state index in [9.17, 15) is 9.59 Å². The fraction of sp³-hybridized carbons (Fsp3) is 0.281. The predicted molar refractivity (Wildman–Crippen MR) is 161 cm³/mol. The van der Waals surface area contributed by atoms with Gasteiger partial charge in [0.25, 0.3) is 0 Å². The van der Waals surface area contributed by atoms with Crippen LogP contribution in [0.15, 0.2) is 78.9 Å².